The number of rotatable bonds is 11. The molecule has 2 fully saturated rings. The number of ether oxygens (including phenoxy) is 1. The zero-order valence-electron chi connectivity index (χ0n) is 13.2. The summed E-state index contributed by atoms with van der Waals surface area (Å²) in [5.74, 6) is 2.72. The number of carbonyl (C=O) groups is 1. The molecule has 126 valence electrons. The van der Waals surface area contributed by atoms with Crippen LogP contribution in [0.1, 0.15) is 44.9 Å². The summed E-state index contributed by atoms with van der Waals surface area (Å²) in [5.41, 5.74) is 0. The SMILES string of the molecule is O=C(O)CCC/C=C\C[C@@H]1[C@@H](CSCCCO)[C@@H]2CC[C@H]1O2. The molecule has 0 radical (unpaired) electrons. The highest BCUT2D eigenvalue weighted by Crippen LogP contribution is 2.46. The van der Waals surface area contributed by atoms with E-state index in [1.165, 1.54) is 12.8 Å². The van der Waals surface area contributed by atoms with Gasteiger partial charge in [-0.2, -0.15) is 11.8 Å². The quantitative estimate of drug-likeness (QED) is 0.451. The molecule has 0 aromatic carbocycles. The molecular weight excluding hydrogens is 300 g/mol. The van der Waals surface area contributed by atoms with Gasteiger partial charge in [-0.25, -0.2) is 0 Å². The van der Waals surface area contributed by atoms with Crippen molar-refractivity contribution in [1.29, 1.82) is 0 Å². The lowest BCUT2D eigenvalue weighted by Crippen LogP contribution is -2.28. The van der Waals surface area contributed by atoms with Gasteiger partial charge in [-0.05, 0) is 61.9 Å². The van der Waals surface area contributed by atoms with Crippen molar-refractivity contribution < 1.29 is 19.7 Å². The van der Waals surface area contributed by atoms with Crippen LogP contribution in [0.15, 0.2) is 12.2 Å². The molecule has 5 heteroatoms. The van der Waals surface area contributed by atoms with Crippen molar-refractivity contribution in [3.05, 3.63) is 12.2 Å². The predicted molar refractivity (Wildman–Crippen MR) is 89.1 cm³/mol. The molecular formula is C17H28O4S. The third-order valence-corrected chi connectivity index (χ3v) is 5.88. The van der Waals surface area contributed by atoms with E-state index in [0.717, 1.165) is 37.2 Å². The van der Waals surface area contributed by atoms with Crippen molar-refractivity contribution >= 4 is 17.7 Å². The first kappa shape index (κ1) is 17.8. The van der Waals surface area contributed by atoms with E-state index in [9.17, 15) is 4.79 Å². The minimum Gasteiger partial charge on any atom is -0.481 e. The lowest BCUT2D eigenvalue weighted by molar-refractivity contribution is -0.137. The number of thioether (sulfide) groups is 1. The number of unbranched alkanes of at least 4 members (excludes halogenated alkanes) is 1. The van der Waals surface area contributed by atoms with E-state index < -0.39 is 5.97 Å². The van der Waals surface area contributed by atoms with Crippen LogP contribution in [0.4, 0.5) is 0 Å². The molecule has 2 N–H and O–H groups in total. The third kappa shape index (κ3) is 5.28. The van der Waals surface area contributed by atoms with Gasteiger partial charge >= 0.3 is 5.97 Å². The zero-order chi connectivity index (χ0) is 15.8. The highest BCUT2D eigenvalue weighted by Gasteiger charge is 2.47. The lowest BCUT2D eigenvalue weighted by Gasteiger charge is -2.27. The van der Waals surface area contributed by atoms with Gasteiger partial charge < -0.3 is 14.9 Å². The Kier molecular flexibility index (Phi) is 7.76. The molecule has 0 unspecified atom stereocenters. The molecule has 0 aliphatic carbocycles. The number of aliphatic carboxylic acids is 1. The maximum absolute atomic E-state index is 10.5. The molecule has 22 heavy (non-hydrogen) atoms. The van der Waals surface area contributed by atoms with Crippen LogP contribution in [0.5, 0.6) is 0 Å². The smallest absolute Gasteiger partial charge is 0.303 e. The summed E-state index contributed by atoms with van der Waals surface area (Å²) in [6.07, 6.45) is 11.4. The van der Waals surface area contributed by atoms with Crippen molar-refractivity contribution in [1.82, 2.24) is 0 Å². The summed E-state index contributed by atoms with van der Waals surface area (Å²) in [7, 11) is 0. The van der Waals surface area contributed by atoms with Gasteiger partial charge in [-0.15, -0.1) is 0 Å². The van der Waals surface area contributed by atoms with E-state index in [1.54, 1.807) is 0 Å². The van der Waals surface area contributed by atoms with Gasteiger partial charge in [0, 0.05) is 13.0 Å². The Morgan fingerprint density at radius 1 is 1.18 bits per heavy atom. The summed E-state index contributed by atoms with van der Waals surface area (Å²) in [6, 6.07) is 0. The first-order valence-corrected chi connectivity index (χ1v) is 9.58. The molecule has 4 atom stereocenters. The Balaban J connectivity index is 1.70. The van der Waals surface area contributed by atoms with Crippen molar-refractivity contribution in [2.75, 3.05) is 18.1 Å². The van der Waals surface area contributed by atoms with E-state index in [0.29, 0.717) is 24.0 Å². The first-order valence-electron chi connectivity index (χ1n) is 8.43. The monoisotopic (exact) mass is 328 g/mol. The topological polar surface area (TPSA) is 66.8 Å². The van der Waals surface area contributed by atoms with Crippen LogP contribution in [0, 0.1) is 11.8 Å². The summed E-state index contributed by atoms with van der Waals surface area (Å²) in [6.45, 7) is 0.280. The van der Waals surface area contributed by atoms with Gasteiger partial charge in [0.1, 0.15) is 0 Å². The van der Waals surface area contributed by atoms with Crippen molar-refractivity contribution in [2.45, 2.75) is 57.2 Å². The van der Waals surface area contributed by atoms with Crippen molar-refractivity contribution in [3.8, 4) is 0 Å². The van der Waals surface area contributed by atoms with Gasteiger partial charge in [0.05, 0.1) is 12.2 Å². The Hall–Kier alpha value is -0.520. The van der Waals surface area contributed by atoms with E-state index >= 15 is 0 Å². The Labute approximate surface area is 137 Å². The number of aliphatic hydroxyl groups is 1. The number of allylic oxidation sites excluding steroid dienone is 2. The van der Waals surface area contributed by atoms with Crippen molar-refractivity contribution in [3.63, 3.8) is 0 Å². The summed E-state index contributed by atoms with van der Waals surface area (Å²) in [4.78, 5) is 10.5. The molecule has 0 amide bonds. The molecule has 2 aliphatic heterocycles. The Morgan fingerprint density at radius 2 is 1.95 bits per heavy atom. The number of carboxylic acids is 1. The fraction of sp³-hybridized carbons (Fsp3) is 0.824. The molecule has 2 heterocycles. The average Bonchev–Trinajstić information content (AvgIpc) is 3.08. The van der Waals surface area contributed by atoms with Crippen LogP contribution < -0.4 is 0 Å². The van der Waals surface area contributed by atoms with E-state index in [-0.39, 0.29) is 13.0 Å². The zero-order valence-corrected chi connectivity index (χ0v) is 14.0. The van der Waals surface area contributed by atoms with Crippen LogP contribution >= 0.6 is 11.8 Å². The Morgan fingerprint density at radius 3 is 2.68 bits per heavy atom. The predicted octanol–water partition coefficient (Wildman–Crippen LogP) is 3.10. The van der Waals surface area contributed by atoms with Gasteiger partial charge in [0.2, 0.25) is 0 Å². The van der Waals surface area contributed by atoms with E-state index in [1.807, 2.05) is 11.8 Å². The second-order valence-electron chi connectivity index (χ2n) is 6.26. The molecule has 2 bridgehead atoms. The van der Waals surface area contributed by atoms with Crippen LogP contribution in [-0.4, -0.2) is 46.5 Å². The Bertz CT molecular complexity index is 372. The maximum Gasteiger partial charge on any atom is 0.303 e. The molecule has 0 spiro atoms. The van der Waals surface area contributed by atoms with E-state index in [2.05, 4.69) is 12.2 Å². The lowest BCUT2D eigenvalue weighted by atomic mass is 9.78. The standard InChI is InChI=1S/C17H28O4S/c18-10-5-11-22-12-14-13(15-8-9-16(14)21-15)6-3-1-2-4-7-17(19)20/h1,3,13-16,18H,2,4-12H2,(H,19,20)/b3-1-/t13-,14-,15-,16+/m1/s1. The number of hydrogen-bond acceptors (Lipinski definition) is 4. The minimum absolute atomic E-state index is 0.256. The van der Waals surface area contributed by atoms with E-state index in [4.69, 9.17) is 14.9 Å². The fourth-order valence-electron chi connectivity index (χ4n) is 3.56. The molecule has 2 rings (SSSR count). The fourth-order valence-corrected chi connectivity index (χ4v) is 4.79. The third-order valence-electron chi connectivity index (χ3n) is 4.68. The molecule has 4 nitrogen and oxygen atoms in total. The average molecular weight is 328 g/mol. The second kappa shape index (κ2) is 9.58. The summed E-state index contributed by atoms with van der Waals surface area (Å²) < 4.78 is 6.09. The number of carboxylic acid groups (broad SMARTS) is 1. The molecule has 0 aromatic rings. The minimum atomic E-state index is -0.713. The summed E-state index contributed by atoms with van der Waals surface area (Å²) >= 11 is 1.94. The molecule has 0 aromatic heterocycles. The van der Waals surface area contributed by atoms with Crippen LogP contribution in [-0.2, 0) is 9.53 Å². The number of aliphatic hydroxyl groups excluding tert-OH is 1. The second-order valence-corrected chi connectivity index (χ2v) is 7.41. The summed E-state index contributed by atoms with van der Waals surface area (Å²) in [5, 5.41) is 17.5. The van der Waals surface area contributed by atoms with Crippen molar-refractivity contribution in [2.24, 2.45) is 11.8 Å². The van der Waals surface area contributed by atoms with Gasteiger partial charge in [0.25, 0.3) is 0 Å². The highest BCUT2D eigenvalue weighted by atomic mass is 32.2. The van der Waals surface area contributed by atoms with Gasteiger partial charge in [-0.1, -0.05) is 12.2 Å². The largest absolute Gasteiger partial charge is 0.481 e. The first-order chi connectivity index (χ1) is 10.7. The van der Waals surface area contributed by atoms with Crippen LogP contribution in [0.25, 0.3) is 0 Å². The van der Waals surface area contributed by atoms with Crippen LogP contribution in [0.3, 0.4) is 0 Å². The molecule has 0 saturated carbocycles. The molecule has 2 aliphatic rings. The highest BCUT2D eigenvalue weighted by molar-refractivity contribution is 7.99. The maximum atomic E-state index is 10.5. The molecule has 2 saturated heterocycles. The number of fused-ring (bicyclic) bond motifs is 2. The number of hydrogen-bond donors (Lipinski definition) is 2. The van der Waals surface area contributed by atoms with Gasteiger partial charge in [-0.3, -0.25) is 4.79 Å². The van der Waals surface area contributed by atoms with Crippen LogP contribution in [0.2, 0.25) is 0 Å². The normalized spacial score (nSPS) is 30.4. The van der Waals surface area contributed by atoms with Gasteiger partial charge in [0.15, 0.2) is 0 Å².